The summed E-state index contributed by atoms with van der Waals surface area (Å²) in [7, 11) is 0. The van der Waals surface area contributed by atoms with Crippen molar-refractivity contribution in [1.29, 1.82) is 0 Å². The molecule has 0 bridgehead atoms. The van der Waals surface area contributed by atoms with Crippen LogP contribution in [-0.4, -0.2) is 11.5 Å². The first-order chi connectivity index (χ1) is 8.56. The monoisotopic (exact) mass is 300 g/mol. The zero-order valence-corrected chi connectivity index (χ0v) is 12.5. The van der Waals surface area contributed by atoms with E-state index in [1.165, 1.54) is 0 Å². The van der Waals surface area contributed by atoms with Gasteiger partial charge in [-0.2, -0.15) is 0 Å². The largest absolute Gasteiger partial charge is 0.361 e. The Hall–Kier alpha value is -0.770. The highest BCUT2D eigenvalue weighted by Gasteiger charge is 2.09. The van der Waals surface area contributed by atoms with Crippen molar-refractivity contribution >= 4 is 39.7 Å². The molecule has 0 fully saturated rings. The molecule has 0 amide bonds. The molecule has 2 rings (SSSR count). The molecule has 5 heteroatoms. The summed E-state index contributed by atoms with van der Waals surface area (Å²) in [5.41, 5.74) is 1.73. The van der Waals surface area contributed by atoms with E-state index in [1.807, 2.05) is 11.4 Å². The Bertz CT molecular complexity index is 538. The third-order valence-electron chi connectivity index (χ3n) is 2.37. The number of aromatic nitrogens is 1. The van der Waals surface area contributed by atoms with E-state index in [2.05, 4.69) is 24.1 Å². The van der Waals surface area contributed by atoms with Crippen LogP contribution in [0.4, 0.5) is 5.13 Å². The van der Waals surface area contributed by atoms with Gasteiger partial charge in [-0.15, -0.1) is 11.3 Å². The molecular formula is C13H14Cl2N2S. The van der Waals surface area contributed by atoms with Crippen molar-refractivity contribution in [3.63, 3.8) is 0 Å². The molecule has 0 atom stereocenters. The van der Waals surface area contributed by atoms with Crippen molar-refractivity contribution in [1.82, 2.24) is 4.98 Å². The Morgan fingerprint density at radius 1 is 1.33 bits per heavy atom. The van der Waals surface area contributed by atoms with E-state index in [1.54, 1.807) is 23.5 Å². The number of hydrogen-bond acceptors (Lipinski definition) is 3. The maximum absolute atomic E-state index is 6.15. The third kappa shape index (κ3) is 3.37. The van der Waals surface area contributed by atoms with E-state index in [-0.39, 0.29) is 0 Å². The first-order valence-corrected chi connectivity index (χ1v) is 7.34. The van der Waals surface area contributed by atoms with Gasteiger partial charge < -0.3 is 5.32 Å². The second-order valence-electron chi connectivity index (χ2n) is 4.44. The van der Waals surface area contributed by atoms with Gasteiger partial charge >= 0.3 is 0 Å². The summed E-state index contributed by atoms with van der Waals surface area (Å²) in [5.74, 6) is 0.590. The minimum absolute atomic E-state index is 0.590. The minimum Gasteiger partial charge on any atom is -0.361 e. The summed E-state index contributed by atoms with van der Waals surface area (Å²) in [6.07, 6.45) is 0. The van der Waals surface area contributed by atoms with Gasteiger partial charge in [0.25, 0.3) is 0 Å². The van der Waals surface area contributed by atoms with E-state index in [4.69, 9.17) is 23.2 Å². The van der Waals surface area contributed by atoms with Crippen LogP contribution in [0.15, 0.2) is 23.6 Å². The number of nitrogens with zero attached hydrogens (tertiary/aromatic N) is 1. The molecule has 2 aromatic rings. The molecule has 2 nitrogen and oxygen atoms in total. The molecule has 0 spiro atoms. The van der Waals surface area contributed by atoms with E-state index in [9.17, 15) is 0 Å². The van der Waals surface area contributed by atoms with Crippen LogP contribution in [0.3, 0.4) is 0 Å². The lowest BCUT2D eigenvalue weighted by Crippen LogP contribution is -2.07. The number of nitrogens with one attached hydrogen (secondary N) is 1. The minimum atomic E-state index is 0.590. The van der Waals surface area contributed by atoms with Gasteiger partial charge in [0.05, 0.1) is 10.7 Å². The van der Waals surface area contributed by atoms with Crippen LogP contribution in [0.2, 0.25) is 10.0 Å². The molecule has 1 N–H and O–H groups in total. The van der Waals surface area contributed by atoms with Crippen molar-refractivity contribution in [2.75, 3.05) is 11.9 Å². The lowest BCUT2D eigenvalue weighted by Gasteiger charge is -2.05. The van der Waals surface area contributed by atoms with Crippen LogP contribution in [0.5, 0.6) is 0 Å². The third-order valence-corrected chi connectivity index (χ3v) is 3.73. The molecule has 96 valence electrons. The number of thiazole rings is 1. The summed E-state index contributed by atoms with van der Waals surface area (Å²) in [6, 6.07) is 5.41. The van der Waals surface area contributed by atoms with Crippen molar-refractivity contribution in [3.05, 3.63) is 33.6 Å². The quantitative estimate of drug-likeness (QED) is 0.841. The number of benzene rings is 1. The summed E-state index contributed by atoms with van der Waals surface area (Å²) < 4.78 is 0. The highest BCUT2D eigenvalue weighted by atomic mass is 35.5. The molecule has 0 aliphatic heterocycles. The van der Waals surface area contributed by atoms with Gasteiger partial charge in [0.1, 0.15) is 0 Å². The fraction of sp³-hybridized carbons (Fsp3) is 0.308. The van der Waals surface area contributed by atoms with Gasteiger partial charge in [-0.25, -0.2) is 4.98 Å². The number of rotatable bonds is 4. The van der Waals surface area contributed by atoms with Crippen LogP contribution in [-0.2, 0) is 0 Å². The van der Waals surface area contributed by atoms with E-state index in [0.29, 0.717) is 16.0 Å². The Kier molecular flexibility index (Phi) is 4.49. The molecular weight excluding hydrogens is 287 g/mol. The van der Waals surface area contributed by atoms with Gasteiger partial charge in [-0.05, 0) is 24.1 Å². The van der Waals surface area contributed by atoms with E-state index >= 15 is 0 Å². The lowest BCUT2D eigenvalue weighted by atomic mass is 10.2. The smallest absolute Gasteiger partial charge is 0.183 e. The first kappa shape index (κ1) is 13.7. The molecule has 0 aliphatic rings. The molecule has 1 aromatic heterocycles. The second-order valence-corrected chi connectivity index (χ2v) is 6.14. The number of halogens is 2. The van der Waals surface area contributed by atoms with Crippen molar-refractivity contribution < 1.29 is 0 Å². The molecule has 0 radical (unpaired) electrons. The summed E-state index contributed by atoms with van der Waals surface area (Å²) in [4.78, 5) is 4.52. The Balaban J connectivity index is 2.21. The van der Waals surface area contributed by atoms with E-state index in [0.717, 1.165) is 22.9 Å². The predicted molar refractivity (Wildman–Crippen MR) is 80.9 cm³/mol. The zero-order valence-electron chi connectivity index (χ0n) is 10.2. The fourth-order valence-corrected chi connectivity index (χ4v) is 2.57. The van der Waals surface area contributed by atoms with Crippen LogP contribution in [0.1, 0.15) is 13.8 Å². The standard InChI is InChI=1S/C13H14Cl2N2S/c1-8(2)6-16-13-17-12(7-18-13)10-5-9(14)3-4-11(10)15/h3-5,7-8H,6H2,1-2H3,(H,16,17). The number of anilines is 1. The van der Waals surface area contributed by atoms with Crippen molar-refractivity contribution in [2.45, 2.75) is 13.8 Å². The van der Waals surface area contributed by atoms with Gasteiger partial charge in [0.15, 0.2) is 5.13 Å². The van der Waals surface area contributed by atoms with Crippen LogP contribution in [0, 0.1) is 5.92 Å². The molecule has 0 saturated carbocycles. The van der Waals surface area contributed by atoms with Gasteiger partial charge in [-0.1, -0.05) is 37.0 Å². The van der Waals surface area contributed by atoms with Gasteiger partial charge in [0.2, 0.25) is 0 Å². The maximum atomic E-state index is 6.15. The lowest BCUT2D eigenvalue weighted by molar-refractivity contribution is 0.688. The SMILES string of the molecule is CC(C)CNc1nc(-c2cc(Cl)ccc2Cl)cs1. The normalized spacial score (nSPS) is 10.9. The molecule has 0 unspecified atom stereocenters. The zero-order chi connectivity index (χ0) is 13.1. The molecule has 0 aliphatic carbocycles. The Morgan fingerprint density at radius 2 is 2.11 bits per heavy atom. The molecule has 1 heterocycles. The van der Waals surface area contributed by atoms with Crippen molar-refractivity contribution in [2.24, 2.45) is 5.92 Å². The highest BCUT2D eigenvalue weighted by molar-refractivity contribution is 7.14. The fourth-order valence-electron chi connectivity index (χ4n) is 1.46. The predicted octanol–water partition coefficient (Wildman–Crippen LogP) is 5.18. The van der Waals surface area contributed by atoms with Crippen LogP contribution >= 0.6 is 34.5 Å². The maximum Gasteiger partial charge on any atom is 0.183 e. The molecule has 18 heavy (non-hydrogen) atoms. The second kappa shape index (κ2) is 5.91. The van der Waals surface area contributed by atoms with Gasteiger partial charge in [-0.3, -0.25) is 0 Å². The summed E-state index contributed by atoms with van der Waals surface area (Å²) in [6.45, 7) is 5.24. The molecule has 1 aromatic carbocycles. The topological polar surface area (TPSA) is 24.9 Å². The van der Waals surface area contributed by atoms with Gasteiger partial charge in [0, 0.05) is 22.5 Å². The van der Waals surface area contributed by atoms with Crippen molar-refractivity contribution in [3.8, 4) is 11.3 Å². The summed E-state index contributed by atoms with van der Waals surface area (Å²) >= 11 is 13.7. The first-order valence-electron chi connectivity index (χ1n) is 5.71. The number of hydrogen-bond donors (Lipinski definition) is 1. The highest BCUT2D eigenvalue weighted by Crippen LogP contribution is 2.32. The van der Waals surface area contributed by atoms with Crippen LogP contribution < -0.4 is 5.32 Å². The average Bonchev–Trinajstić information content (AvgIpc) is 2.78. The Morgan fingerprint density at radius 3 is 2.83 bits per heavy atom. The Labute approximate surface area is 121 Å². The summed E-state index contributed by atoms with van der Waals surface area (Å²) in [5, 5.41) is 7.53. The average molecular weight is 301 g/mol. The van der Waals surface area contributed by atoms with Crippen LogP contribution in [0.25, 0.3) is 11.3 Å². The van der Waals surface area contributed by atoms with E-state index < -0.39 is 0 Å². The molecule has 0 saturated heterocycles.